The first-order chi connectivity index (χ1) is 11.0. The minimum Gasteiger partial charge on any atom is -0.348 e. The zero-order valence-electron chi connectivity index (χ0n) is 12.5. The Hall–Kier alpha value is -2.04. The quantitative estimate of drug-likeness (QED) is 0.865. The smallest absolute Gasteiger partial charge is 0.254 e. The first-order valence-corrected chi connectivity index (χ1v) is 7.81. The van der Waals surface area contributed by atoms with Gasteiger partial charge in [0.15, 0.2) is 0 Å². The molecule has 1 unspecified atom stereocenters. The number of nitrogens with one attached hydrogen (secondary N) is 2. The van der Waals surface area contributed by atoms with Gasteiger partial charge in [0.2, 0.25) is 5.91 Å². The number of amides is 2. The number of hydrogen-bond donors (Lipinski definition) is 2. The normalized spacial score (nSPS) is 11.6. The van der Waals surface area contributed by atoms with Gasteiger partial charge in [-0.2, -0.15) is 0 Å². The Morgan fingerprint density at radius 1 is 1.00 bits per heavy atom. The predicted octanol–water partition coefficient (Wildman–Crippen LogP) is 3.60. The number of hydrogen-bond acceptors (Lipinski definition) is 2. The van der Waals surface area contributed by atoms with Crippen molar-refractivity contribution in [3.05, 3.63) is 69.7 Å². The molecule has 0 saturated carbocycles. The second-order valence-electron chi connectivity index (χ2n) is 4.98. The van der Waals surface area contributed by atoms with E-state index in [1.165, 1.54) is 0 Å². The molecule has 2 amide bonds. The molecule has 0 heterocycles. The number of benzene rings is 2. The van der Waals surface area contributed by atoms with Crippen molar-refractivity contribution < 1.29 is 9.59 Å². The molecule has 2 aromatic rings. The number of carbonyl (C=O) groups excluding carboxylic acids is 2. The van der Waals surface area contributed by atoms with Gasteiger partial charge in [-0.05, 0) is 24.6 Å². The molecule has 120 valence electrons. The topological polar surface area (TPSA) is 58.2 Å². The van der Waals surface area contributed by atoms with E-state index in [-0.39, 0.29) is 34.1 Å². The monoisotopic (exact) mass is 350 g/mol. The molecule has 0 spiro atoms. The van der Waals surface area contributed by atoms with Crippen LogP contribution >= 0.6 is 23.2 Å². The van der Waals surface area contributed by atoms with Crippen molar-refractivity contribution in [3.63, 3.8) is 0 Å². The summed E-state index contributed by atoms with van der Waals surface area (Å²) in [5.41, 5.74) is 1.15. The van der Waals surface area contributed by atoms with Gasteiger partial charge in [0.25, 0.3) is 5.91 Å². The summed E-state index contributed by atoms with van der Waals surface area (Å²) < 4.78 is 0. The third kappa shape index (κ3) is 4.71. The van der Waals surface area contributed by atoms with Crippen molar-refractivity contribution in [2.75, 3.05) is 6.54 Å². The van der Waals surface area contributed by atoms with Crippen LogP contribution in [0.1, 0.15) is 28.9 Å². The van der Waals surface area contributed by atoms with Crippen LogP contribution in [0.4, 0.5) is 0 Å². The molecule has 2 rings (SSSR count). The molecule has 1 atom stereocenters. The molecular formula is C17H16Cl2N2O2. The Bertz CT molecular complexity index is 685. The highest BCUT2D eigenvalue weighted by molar-refractivity contribution is 6.39. The third-order valence-corrected chi connectivity index (χ3v) is 3.91. The lowest BCUT2D eigenvalue weighted by Gasteiger charge is -2.15. The summed E-state index contributed by atoms with van der Waals surface area (Å²) in [6.07, 6.45) is 0. The first kappa shape index (κ1) is 17.3. The van der Waals surface area contributed by atoms with E-state index in [2.05, 4.69) is 10.6 Å². The van der Waals surface area contributed by atoms with E-state index >= 15 is 0 Å². The van der Waals surface area contributed by atoms with Gasteiger partial charge >= 0.3 is 0 Å². The Morgan fingerprint density at radius 3 is 2.22 bits per heavy atom. The molecule has 0 aliphatic heterocycles. The lowest BCUT2D eigenvalue weighted by Crippen LogP contribution is -2.38. The summed E-state index contributed by atoms with van der Waals surface area (Å²) in [4.78, 5) is 24.0. The molecule has 0 bridgehead atoms. The van der Waals surface area contributed by atoms with Crippen LogP contribution in [0.5, 0.6) is 0 Å². The van der Waals surface area contributed by atoms with Crippen LogP contribution in [-0.4, -0.2) is 18.4 Å². The van der Waals surface area contributed by atoms with Crippen LogP contribution in [0, 0.1) is 0 Å². The Balaban J connectivity index is 1.91. The Kier molecular flexibility index (Phi) is 6.02. The minimum atomic E-state index is -0.483. The van der Waals surface area contributed by atoms with Crippen LogP contribution in [0.2, 0.25) is 10.0 Å². The van der Waals surface area contributed by atoms with Gasteiger partial charge in [0, 0.05) is 0 Å². The lowest BCUT2D eigenvalue weighted by molar-refractivity contribution is -0.120. The summed E-state index contributed by atoms with van der Waals surface area (Å²) in [6.45, 7) is 1.72. The predicted molar refractivity (Wildman–Crippen MR) is 91.8 cm³/mol. The van der Waals surface area contributed by atoms with E-state index in [4.69, 9.17) is 23.2 Å². The van der Waals surface area contributed by atoms with Crippen molar-refractivity contribution in [1.82, 2.24) is 10.6 Å². The maximum absolute atomic E-state index is 12.1. The average Bonchev–Trinajstić information content (AvgIpc) is 2.53. The van der Waals surface area contributed by atoms with Crippen LogP contribution in [0.25, 0.3) is 0 Å². The number of halogens is 2. The first-order valence-electron chi connectivity index (χ1n) is 7.05. The van der Waals surface area contributed by atoms with Gasteiger partial charge in [0.05, 0.1) is 28.2 Å². The summed E-state index contributed by atoms with van der Waals surface area (Å²) in [5.74, 6) is -0.777. The molecule has 0 aliphatic rings. The lowest BCUT2D eigenvalue weighted by atomic mass is 10.1. The second-order valence-corrected chi connectivity index (χ2v) is 5.79. The molecular weight excluding hydrogens is 335 g/mol. The Morgan fingerprint density at radius 2 is 1.61 bits per heavy atom. The maximum atomic E-state index is 12.1. The molecule has 23 heavy (non-hydrogen) atoms. The molecule has 0 radical (unpaired) electrons. The summed E-state index contributed by atoms with van der Waals surface area (Å²) in [6, 6.07) is 14.2. The highest BCUT2D eigenvalue weighted by Gasteiger charge is 2.16. The van der Waals surface area contributed by atoms with Crippen LogP contribution in [0.15, 0.2) is 48.5 Å². The van der Waals surface area contributed by atoms with Crippen molar-refractivity contribution in [3.8, 4) is 0 Å². The molecule has 0 fully saturated rings. The average molecular weight is 351 g/mol. The molecule has 2 N–H and O–H groups in total. The largest absolute Gasteiger partial charge is 0.348 e. The fourth-order valence-electron chi connectivity index (χ4n) is 2.08. The Labute approximate surface area is 144 Å². The highest BCUT2D eigenvalue weighted by Crippen LogP contribution is 2.23. The van der Waals surface area contributed by atoms with E-state index in [0.29, 0.717) is 0 Å². The number of carbonyl (C=O) groups is 2. The SMILES string of the molecule is CC(NC(=O)CNC(=O)c1c(Cl)cccc1Cl)c1ccccc1. The van der Waals surface area contributed by atoms with Crippen molar-refractivity contribution in [2.24, 2.45) is 0 Å². The van der Waals surface area contributed by atoms with Crippen molar-refractivity contribution in [2.45, 2.75) is 13.0 Å². The molecule has 0 saturated heterocycles. The molecule has 6 heteroatoms. The molecule has 4 nitrogen and oxygen atoms in total. The standard InChI is InChI=1S/C17H16Cl2N2O2/c1-11(12-6-3-2-4-7-12)21-15(22)10-20-17(23)16-13(18)8-5-9-14(16)19/h2-9,11H,10H2,1H3,(H,20,23)(H,21,22). The second kappa shape index (κ2) is 7.99. The fraction of sp³-hybridized carbons (Fsp3) is 0.176. The molecule has 0 aromatic heterocycles. The van der Waals surface area contributed by atoms with Gasteiger partial charge in [-0.15, -0.1) is 0 Å². The van der Waals surface area contributed by atoms with Gasteiger partial charge < -0.3 is 10.6 Å². The van der Waals surface area contributed by atoms with E-state index in [9.17, 15) is 9.59 Å². The summed E-state index contributed by atoms with van der Waals surface area (Å²) in [7, 11) is 0. The molecule has 2 aromatic carbocycles. The van der Waals surface area contributed by atoms with Crippen molar-refractivity contribution in [1.29, 1.82) is 0 Å². The fourth-order valence-corrected chi connectivity index (χ4v) is 2.65. The number of rotatable bonds is 5. The van der Waals surface area contributed by atoms with Gasteiger partial charge in [-0.1, -0.05) is 59.6 Å². The van der Waals surface area contributed by atoms with E-state index < -0.39 is 5.91 Å². The third-order valence-electron chi connectivity index (χ3n) is 3.28. The summed E-state index contributed by atoms with van der Waals surface area (Å²) >= 11 is 11.9. The van der Waals surface area contributed by atoms with E-state index in [0.717, 1.165) is 5.56 Å². The van der Waals surface area contributed by atoms with Gasteiger partial charge in [-0.25, -0.2) is 0 Å². The maximum Gasteiger partial charge on any atom is 0.254 e. The van der Waals surface area contributed by atoms with Crippen LogP contribution < -0.4 is 10.6 Å². The zero-order chi connectivity index (χ0) is 16.8. The van der Waals surface area contributed by atoms with Crippen LogP contribution in [0.3, 0.4) is 0 Å². The highest BCUT2D eigenvalue weighted by atomic mass is 35.5. The summed E-state index contributed by atoms with van der Waals surface area (Å²) in [5, 5.41) is 5.82. The minimum absolute atomic E-state index is 0.149. The van der Waals surface area contributed by atoms with Gasteiger partial charge in [-0.3, -0.25) is 9.59 Å². The van der Waals surface area contributed by atoms with Gasteiger partial charge in [0.1, 0.15) is 0 Å². The van der Waals surface area contributed by atoms with E-state index in [1.807, 2.05) is 37.3 Å². The van der Waals surface area contributed by atoms with Crippen molar-refractivity contribution >= 4 is 35.0 Å². The zero-order valence-corrected chi connectivity index (χ0v) is 14.0. The van der Waals surface area contributed by atoms with E-state index in [1.54, 1.807) is 18.2 Å². The van der Waals surface area contributed by atoms with Crippen LogP contribution in [-0.2, 0) is 4.79 Å². The molecule has 0 aliphatic carbocycles.